The van der Waals surface area contributed by atoms with Gasteiger partial charge in [-0.15, -0.1) is 0 Å². The Bertz CT molecular complexity index is 574. The third-order valence-corrected chi connectivity index (χ3v) is 4.16. The normalized spacial score (nSPS) is 21.5. The van der Waals surface area contributed by atoms with Gasteiger partial charge in [0.05, 0.1) is 5.69 Å². The predicted molar refractivity (Wildman–Crippen MR) is 78.0 cm³/mol. The number of benzene rings is 1. The summed E-state index contributed by atoms with van der Waals surface area (Å²) in [5.41, 5.74) is 3.60. The molecule has 1 N–H and O–H groups in total. The summed E-state index contributed by atoms with van der Waals surface area (Å²) in [6.07, 6.45) is 4.08. The van der Waals surface area contributed by atoms with Gasteiger partial charge in [-0.1, -0.05) is 18.2 Å². The van der Waals surface area contributed by atoms with Gasteiger partial charge >= 0.3 is 0 Å². The highest BCUT2D eigenvalue weighted by Crippen LogP contribution is 2.36. The van der Waals surface area contributed by atoms with Crippen molar-refractivity contribution in [1.82, 2.24) is 10.3 Å². The maximum Gasteiger partial charge on any atom is 0.123 e. The molecule has 3 rings (SSSR count). The molecule has 0 atom stereocenters. The van der Waals surface area contributed by atoms with Crippen molar-refractivity contribution in [2.24, 2.45) is 0 Å². The first-order chi connectivity index (χ1) is 9.72. The zero-order valence-electron chi connectivity index (χ0n) is 11.6. The van der Waals surface area contributed by atoms with Crippen molar-refractivity contribution in [1.29, 1.82) is 0 Å². The van der Waals surface area contributed by atoms with Crippen LogP contribution < -0.4 is 5.32 Å². The minimum atomic E-state index is -0.159. The SMILES string of the molecule is Cc1cccnc1CNC1CC(c2ccc(F)cc2)C1. The molecule has 2 nitrogen and oxygen atoms in total. The molecule has 104 valence electrons. The van der Waals surface area contributed by atoms with Crippen LogP contribution in [0, 0.1) is 12.7 Å². The van der Waals surface area contributed by atoms with E-state index in [4.69, 9.17) is 0 Å². The highest BCUT2D eigenvalue weighted by atomic mass is 19.1. The van der Waals surface area contributed by atoms with E-state index in [0.717, 1.165) is 25.1 Å². The quantitative estimate of drug-likeness (QED) is 0.918. The van der Waals surface area contributed by atoms with Crippen LogP contribution in [-0.4, -0.2) is 11.0 Å². The van der Waals surface area contributed by atoms with E-state index in [1.54, 1.807) is 12.1 Å². The molecule has 0 bridgehead atoms. The second kappa shape index (κ2) is 5.71. The summed E-state index contributed by atoms with van der Waals surface area (Å²) >= 11 is 0. The van der Waals surface area contributed by atoms with Gasteiger partial charge in [0.15, 0.2) is 0 Å². The zero-order chi connectivity index (χ0) is 13.9. The van der Waals surface area contributed by atoms with Crippen molar-refractivity contribution in [2.45, 2.75) is 38.3 Å². The Hall–Kier alpha value is -1.74. The fraction of sp³-hybridized carbons (Fsp3) is 0.353. The third kappa shape index (κ3) is 2.88. The molecule has 0 radical (unpaired) electrons. The molecule has 1 saturated carbocycles. The van der Waals surface area contributed by atoms with Gasteiger partial charge in [-0.25, -0.2) is 4.39 Å². The number of hydrogen-bond donors (Lipinski definition) is 1. The highest BCUT2D eigenvalue weighted by molar-refractivity contribution is 5.24. The van der Waals surface area contributed by atoms with Crippen LogP contribution in [-0.2, 0) is 6.54 Å². The Morgan fingerprint density at radius 1 is 1.20 bits per heavy atom. The molecular formula is C17H19FN2. The van der Waals surface area contributed by atoms with Crippen molar-refractivity contribution in [2.75, 3.05) is 0 Å². The molecule has 1 aromatic heterocycles. The minimum absolute atomic E-state index is 0.159. The minimum Gasteiger partial charge on any atom is -0.308 e. The standard InChI is InChI=1S/C17H19FN2/c1-12-3-2-8-19-17(12)11-20-16-9-14(10-16)13-4-6-15(18)7-5-13/h2-8,14,16,20H,9-11H2,1H3. The molecular weight excluding hydrogens is 251 g/mol. The number of rotatable bonds is 4. The largest absolute Gasteiger partial charge is 0.308 e. The Kier molecular flexibility index (Phi) is 3.79. The lowest BCUT2D eigenvalue weighted by Gasteiger charge is -2.36. The highest BCUT2D eigenvalue weighted by Gasteiger charge is 2.29. The van der Waals surface area contributed by atoms with Crippen LogP contribution in [0.4, 0.5) is 4.39 Å². The molecule has 0 aliphatic heterocycles. The first-order valence-corrected chi connectivity index (χ1v) is 7.11. The summed E-state index contributed by atoms with van der Waals surface area (Å²) in [4.78, 5) is 4.39. The van der Waals surface area contributed by atoms with Crippen molar-refractivity contribution in [3.05, 3.63) is 65.2 Å². The van der Waals surface area contributed by atoms with Crippen LogP contribution in [0.15, 0.2) is 42.6 Å². The molecule has 0 spiro atoms. The Balaban J connectivity index is 1.49. The molecule has 1 fully saturated rings. The van der Waals surface area contributed by atoms with Crippen LogP contribution >= 0.6 is 0 Å². The van der Waals surface area contributed by atoms with Gasteiger partial charge in [-0.2, -0.15) is 0 Å². The summed E-state index contributed by atoms with van der Waals surface area (Å²) in [6.45, 7) is 2.92. The first kappa shape index (κ1) is 13.3. The monoisotopic (exact) mass is 270 g/mol. The molecule has 2 aromatic rings. The second-order valence-electron chi connectivity index (χ2n) is 5.56. The second-order valence-corrected chi connectivity index (χ2v) is 5.56. The first-order valence-electron chi connectivity index (χ1n) is 7.11. The van der Waals surface area contributed by atoms with Crippen LogP contribution in [0.5, 0.6) is 0 Å². The van der Waals surface area contributed by atoms with Crippen molar-refractivity contribution < 1.29 is 4.39 Å². The number of aryl methyl sites for hydroxylation is 1. The van der Waals surface area contributed by atoms with Crippen molar-refractivity contribution in [3.8, 4) is 0 Å². The molecule has 1 aromatic carbocycles. The van der Waals surface area contributed by atoms with Crippen molar-refractivity contribution in [3.63, 3.8) is 0 Å². The molecule has 3 heteroatoms. The van der Waals surface area contributed by atoms with E-state index in [9.17, 15) is 4.39 Å². The lowest BCUT2D eigenvalue weighted by molar-refractivity contribution is 0.288. The average molecular weight is 270 g/mol. The molecule has 0 saturated heterocycles. The summed E-state index contributed by atoms with van der Waals surface area (Å²) < 4.78 is 12.9. The van der Waals surface area contributed by atoms with E-state index in [1.165, 1.54) is 11.1 Å². The van der Waals surface area contributed by atoms with Gasteiger partial charge in [0.25, 0.3) is 0 Å². The third-order valence-electron chi connectivity index (χ3n) is 4.16. The topological polar surface area (TPSA) is 24.9 Å². The van der Waals surface area contributed by atoms with Gasteiger partial charge in [0.2, 0.25) is 0 Å². The average Bonchev–Trinajstić information content (AvgIpc) is 2.41. The predicted octanol–water partition coefficient (Wildman–Crippen LogP) is 3.56. The van der Waals surface area contributed by atoms with Gasteiger partial charge in [-0.05, 0) is 55.0 Å². The van der Waals surface area contributed by atoms with E-state index in [-0.39, 0.29) is 5.82 Å². The summed E-state index contributed by atoms with van der Waals surface area (Å²) in [6, 6.07) is 11.5. The maximum absolute atomic E-state index is 12.9. The van der Waals surface area contributed by atoms with E-state index in [1.807, 2.05) is 24.4 Å². The van der Waals surface area contributed by atoms with Gasteiger partial charge in [0, 0.05) is 18.8 Å². The number of nitrogens with one attached hydrogen (secondary N) is 1. The molecule has 0 amide bonds. The number of hydrogen-bond acceptors (Lipinski definition) is 2. The Labute approximate surface area is 119 Å². The van der Waals surface area contributed by atoms with E-state index in [2.05, 4.69) is 23.3 Å². The number of pyridine rings is 1. The molecule has 1 heterocycles. The lowest BCUT2D eigenvalue weighted by atomic mass is 9.76. The summed E-state index contributed by atoms with van der Waals surface area (Å²) in [5, 5.41) is 3.55. The Morgan fingerprint density at radius 3 is 2.65 bits per heavy atom. The molecule has 0 unspecified atom stereocenters. The summed E-state index contributed by atoms with van der Waals surface area (Å²) in [7, 11) is 0. The fourth-order valence-electron chi connectivity index (χ4n) is 2.74. The van der Waals surface area contributed by atoms with Crippen LogP contribution in [0.3, 0.4) is 0 Å². The number of aromatic nitrogens is 1. The van der Waals surface area contributed by atoms with Gasteiger partial charge in [-0.3, -0.25) is 4.98 Å². The smallest absolute Gasteiger partial charge is 0.123 e. The molecule has 20 heavy (non-hydrogen) atoms. The van der Waals surface area contributed by atoms with Gasteiger partial charge < -0.3 is 5.32 Å². The van der Waals surface area contributed by atoms with E-state index >= 15 is 0 Å². The zero-order valence-corrected chi connectivity index (χ0v) is 11.6. The van der Waals surface area contributed by atoms with E-state index < -0.39 is 0 Å². The van der Waals surface area contributed by atoms with Gasteiger partial charge in [0.1, 0.15) is 5.82 Å². The number of nitrogens with zero attached hydrogens (tertiary/aromatic N) is 1. The van der Waals surface area contributed by atoms with Crippen LogP contribution in [0.2, 0.25) is 0 Å². The number of halogens is 1. The summed E-state index contributed by atoms with van der Waals surface area (Å²) in [5.74, 6) is 0.409. The lowest BCUT2D eigenvalue weighted by Crippen LogP contribution is -2.39. The van der Waals surface area contributed by atoms with Crippen molar-refractivity contribution >= 4 is 0 Å². The molecule has 1 aliphatic rings. The van der Waals surface area contributed by atoms with Crippen LogP contribution in [0.1, 0.15) is 35.6 Å². The van der Waals surface area contributed by atoms with Crippen LogP contribution in [0.25, 0.3) is 0 Å². The fourth-order valence-corrected chi connectivity index (χ4v) is 2.74. The Morgan fingerprint density at radius 2 is 1.95 bits per heavy atom. The van der Waals surface area contributed by atoms with E-state index in [0.29, 0.717) is 12.0 Å². The molecule has 1 aliphatic carbocycles. The maximum atomic E-state index is 12.9.